The molecule has 0 atom stereocenters. The number of hydrogen-bond donors (Lipinski definition) is 0. The highest BCUT2D eigenvalue weighted by molar-refractivity contribution is 6.83. The Morgan fingerprint density at radius 3 is 2.24 bits per heavy atom. The van der Waals surface area contributed by atoms with Gasteiger partial charge in [-0.25, -0.2) is 9.69 Å². The first-order valence-corrected chi connectivity index (χ1v) is 10.6. The van der Waals surface area contributed by atoms with E-state index in [1.54, 1.807) is 0 Å². The van der Waals surface area contributed by atoms with E-state index >= 15 is 0 Å². The standard InChI is InChI=1S/C17H25NO2Si/c1-17(2,3)20-16(19)18(12-13-21(4,5)6)14-15-10-8-7-9-11-15/h7-11H,14H2,1-6H3. The molecule has 0 unspecified atom stereocenters. The van der Waals surface area contributed by atoms with Crippen LogP contribution in [0.3, 0.4) is 0 Å². The Labute approximate surface area is 129 Å². The molecule has 0 radical (unpaired) electrons. The van der Waals surface area contributed by atoms with Crippen molar-refractivity contribution in [3.8, 4) is 11.6 Å². The van der Waals surface area contributed by atoms with Gasteiger partial charge >= 0.3 is 6.09 Å². The number of nitrogens with zero attached hydrogens (tertiary/aromatic N) is 1. The molecule has 3 nitrogen and oxygen atoms in total. The lowest BCUT2D eigenvalue weighted by Crippen LogP contribution is -2.34. The minimum atomic E-state index is -1.55. The zero-order chi connectivity index (χ0) is 16.1. The van der Waals surface area contributed by atoms with Crippen molar-refractivity contribution in [2.45, 2.75) is 52.6 Å². The third kappa shape index (κ3) is 7.57. The molecule has 114 valence electrons. The Morgan fingerprint density at radius 1 is 1.19 bits per heavy atom. The van der Waals surface area contributed by atoms with Gasteiger partial charge in [0.1, 0.15) is 13.7 Å². The average molecular weight is 303 g/mol. The first-order chi connectivity index (χ1) is 9.57. The number of carbonyl (C=O) groups is 1. The maximum Gasteiger partial charge on any atom is 0.422 e. The van der Waals surface area contributed by atoms with Crippen LogP contribution in [0.4, 0.5) is 4.79 Å². The second-order valence-corrected chi connectivity index (χ2v) is 11.8. The summed E-state index contributed by atoms with van der Waals surface area (Å²) in [5.41, 5.74) is 3.74. The highest BCUT2D eigenvalue weighted by Crippen LogP contribution is 2.12. The molecule has 0 fully saturated rings. The van der Waals surface area contributed by atoms with E-state index in [2.05, 4.69) is 31.2 Å². The van der Waals surface area contributed by atoms with Gasteiger partial charge in [0.25, 0.3) is 0 Å². The molecule has 0 heterocycles. The largest absolute Gasteiger partial charge is 0.443 e. The number of hydrogen-bond acceptors (Lipinski definition) is 2. The van der Waals surface area contributed by atoms with Crippen LogP contribution in [0.1, 0.15) is 26.3 Å². The number of rotatable bonds is 2. The molecule has 1 amide bonds. The van der Waals surface area contributed by atoms with Crippen LogP contribution in [-0.2, 0) is 11.3 Å². The Balaban J connectivity index is 2.94. The highest BCUT2D eigenvalue weighted by atomic mass is 28.3. The minimum absolute atomic E-state index is 0.392. The quantitative estimate of drug-likeness (QED) is 0.464. The summed E-state index contributed by atoms with van der Waals surface area (Å²) in [6.07, 6.45) is -0.392. The topological polar surface area (TPSA) is 29.5 Å². The molecule has 0 saturated carbocycles. The van der Waals surface area contributed by atoms with Crippen molar-refractivity contribution in [1.29, 1.82) is 0 Å². The lowest BCUT2D eigenvalue weighted by Gasteiger charge is -2.24. The van der Waals surface area contributed by atoms with Gasteiger partial charge < -0.3 is 4.74 Å². The predicted molar refractivity (Wildman–Crippen MR) is 89.3 cm³/mol. The van der Waals surface area contributed by atoms with Gasteiger partial charge in [-0.05, 0) is 26.3 Å². The van der Waals surface area contributed by atoms with Crippen LogP contribution < -0.4 is 0 Å². The summed E-state index contributed by atoms with van der Waals surface area (Å²) in [5, 5.41) is 0. The average Bonchev–Trinajstić information content (AvgIpc) is 2.32. The van der Waals surface area contributed by atoms with Crippen LogP contribution in [0.15, 0.2) is 30.3 Å². The zero-order valence-electron chi connectivity index (χ0n) is 13.9. The number of benzene rings is 1. The SMILES string of the molecule is CC(C)(C)OC(=O)N(C#C[Si](C)(C)C)Cc1ccccc1. The molecule has 0 bridgehead atoms. The maximum absolute atomic E-state index is 12.3. The van der Waals surface area contributed by atoms with Gasteiger partial charge in [0.05, 0.1) is 6.54 Å². The van der Waals surface area contributed by atoms with Crippen molar-refractivity contribution in [3.63, 3.8) is 0 Å². The summed E-state index contributed by atoms with van der Waals surface area (Å²) in [5.74, 6) is 0. The van der Waals surface area contributed by atoms with E-state index in [1.807, 2.05) is 51.1 Å². The van der Waals surface area contributed by atoms with Gasteiger partial charge in [-0.3, -0.25) is 0 Å². The van der Waals surface area contributed by atoms with Crippen molar-refractivity contribution in [2.75, 3.05) is 0 Å². The second-order valence-electron chi connectivity index (χ2n) is 7.04. The van der Waals surface area contributed by atoms with Crippen molar-refractivity contribution < 1.29 is 9.53 Å². The molecule has 0 N–H and O–H groups in total. The van der Waals surface area contributed by atoms with Crippen molar-refractivity contribution in [1.82, 2.24) is 4.90 Å². The molecule has 4 heteroatoms. The van der Waals surface area contributed by atoms with E-state index in [0.29, 0.717) is 6.54 Å². The van der Waals surface area contributed by atoms with Crippen LogP contribution in [-0.4, -0.2) is 24.7 Å². The molecule has 1 aromatic carbocycles. The molecular formula is C17H25NO2Si. The van der Waals surface area contributed by atoms with Crippen LogP contribution >= 0.6 is 0 Å². The van der Waals surface area contributed by atoms with Gasteiger partial charge in [0.15, 0.2) is 0 Å². The van der Waals surface area contributed by atoms with E-state index in [0.717, 1.165) is 5.56 Å². The Kier molecular flexibility index (Phi) is 5.62. The van der Waals surface area contributed by atoms with Gasteiger partial charge in [-0.2, -0.15) is 0 Å². The van der Waals surface area contributed by atoms with Gasteiger partial charge in [0.2, 0.25) is 0 Å². The third-order valence-electron chi connectivity index (χ3n) is 2.36. The molecule has 0 aliphatic carbocycles. The smallest absolute Gasteiger partial charge is 0.422 e. The van der Waals surface area contributed by atoms with E-state index < -0.39 is 19.8 Å². The monoisotopic (exact) mass is 303 g/mol. The second kappa shape index (κ2) is 6.82. The van der Waals surface area contributed by atoms with Crippen LogP contribution in [0.5, 0.6) is 0 Å². The summed E-state index contributed by atoms with van der Waals surface area (Å²) in [7, 11) is -1.55. The fourth-order valence-corrected chi connectivity index (χ4v) is 1.94. The van der Waals surface area contributed by atoms with E-state index in [9.17, 15) is 4.79 Å². The molecule has 0 aliphatic heterocycles. The molecule has 1 rings (SSSR count). The summed E-state index contributed by atoms with van der Waals surface area (Å²) in [6, 6.07) is 12.8. The van der Waals surface area contributed by atoms with Crippen LogP contribution in [0, 0.1) is 11.6 Å². The fourth-order valence-electron chi connectivity index (χ4n) is 1.47. The molecule has 21 heavy (non-hydrogen) atoms. The van der Waals surface area contributed by atoms with Crippen molar-refractivity contribution in [2.24, 2.45) is 0 Å². The number of ether oxygens (including phenoxy) is 1. The van der Waals surface area contributed by atoms with Crippen LogP contribution in [0.2, 0.25) is 19.6 Å². The number of amides is 1. The molecule has 0 saturated heterocycles. The maximum atomic E-state index is 12.3. The highest BCUT2D eigenvalue weighted by Gasteiger charge is 2.21. The van der Waals surface area contributed by atoms with Crippen molar-refractivity contribution in [3.05, 3.63) is 35.9 Å². The van der Waals surface area contributed by atoms with Gasteiger partial charge in [-0.15, -0.1) is 5.54 Å². The summed E-state index contributed by atoms with van der Waals surface area (Å²) in [6.45, 7) is 12.5. The lowest BCUT2D eigenvalue weighted by atomic mass is 10.2. The summed E-state index contributed by atoms with van der Waals surface area (Å²) in [4.78, 5) is 13.8. The predicted octanol–water partition coefficient (Wildman–Crippen LogP) is 4.26. The third-order valence-corrected chi connectivity index (χ3v) is 3.23. The number of carbonyl (C=O) groups excluding carboxylic acids is 1. The molecular weight excluding hydrogens is 278 g/mol. The van der Waals surface area contributed by atoms with E-state index in [-0.39, 0.29) is 0 Å². The zero-order valence-corrected chi connectivity index (χ0v) is 14.9. The molecule has 0 aliphatic rings. The first-order valence-electron chi connectivity index (χ1n) is 7.14. The Hall–Kier alpha value is -1.73. The summed E-state index contributed by atoms with van der Waals surface area (Å²) >= 11 is 0. The minimum Gasteiger partial charge on any atom is -0.443 e. The Morgan fingerprint density at radius 2 is 1.76 bits per heavy atom. The fraction of sp³-hybridized carbons (Fsp3) is 0.471. The normalized spacial score (nSPS) is 11.3. The van der Waals surface area contributed by atoms with Gasteiger partial charge in [-0.1, -0.05) is 50.0 Å². The van der Waals surface area contributed by atoms with E-state index in [1.165, 1.54) is 4.90 Å². The van der Waals surface area contributed by atoms with Crippen molar-refractivity contribution >= 4 is 14.2 Å². The van der Waals surface area contributed by atoms with Gasteiger partial charge in [0, 0.05) is 6.04 Å². The molecule has 1 aromatic rings. The van der Waals surface area contributed by atoms with Crippen LogP contribution in [0.25, 0.3) is 0 Å². The molecule has 0 spiro atoms. The van der Waals surface area contributed by atoms with E-state index in [4.69, 9.17) is 4.74 Å². The lowest BCUT2D eigenvalue weighted by molar-refractivity contribution is 0.0341. The first kappa shape index (κ1) is 17.3. The summed E-state index contributed by atoms with van der Waals surface area (Å²) < 4.78 is 5.44. The molecule has 0 aromatic heterocycles. The Bertz CT molecular complexity index is 530.